The molecule has 0 bridgehead atoms. The number of aliphatic hydroxyl groups excluding tert-OH is 3. The van der Waals surface area contributed by atoms with Crippen LogP contribution in [0.5, 0.6) is 0 Å². The Hall–Kier alpha value is -1.26. The Kier molecular flexibility index (Phi) is 7.17. The summed E-state index contributed by atoms with van der Waals surface area (Å²) in [5.74, 6) is -1.17. The van der Waals surface area contributed by atoms with Gasteiger partial charge in [-0.2, -0.15) is 0 Å². The fraction of sp³-hybridized carbons (Fsp3) is 0.846. The minimum atomic E-state index is -1.42. The van der Waals surface area contributed by atoms with Gasteiger partial charge in [0.15, 0.2) is 6.29 Å². The predicted octanol–water partition coefficient (Wildman–Crippen LogP) is -2.40. The number of carbonyl (C=O) groups is 2. The van der Waals surface area contributed by atoms with Crippen LogP contribution in [-0.2, 0) is 19.1 Å². The molecule has 22 heavy (non-hydrogen) atoms. The Morgan fingerprint density at radius 3 is 2.45 bits per heavy atom. The van der Waals surface area contributed by atoms with Crippen LogP contribution in [0.2, 0.25) is 0 Å². The third-order valence-electron chi connectivity index (χ3n) is 3.42. The van der Waals surface area contributed by atoms with Gasteiger partial charge >= 0.3 is 0 Å². The summed E-state index contributed by atoms with van der Waals surface area (Å²) in [5.41, 5.74) is 5.25. The van der Waals surface area contributed by atoms with Gasteiger partial charge in [-0.05, 0) is 6.42 Å². The molecule has 2 amide bonds. The fourth-order valence-electron chi connectivity index (χ4n) is 2.29. The highest BCUT2D eigenvalue weighted by Gasteiger charge is 2.46. The monoisotopic (exact) mass is 320 g/mol. The lowest BCUT2D eigenvalue weighted by molar-refractivity contribution is -0.279. The molecule has 1 rings (SSSR count). The maximum atomic E-state index is 11.4. The van der Waals surface area contributed by atoms with Crippen LogP contribution in [0, 0.1) is 0 Å². The number of amides is 2. The van der Waals surface area contributed by atoms with Gasteiger partial charge in [-0.1, -0.05) is 13.3 Å². The van der Waals surface area contributed by atoms with E-state index in [0.29, 0.717) is 12.8 Å². The number of aliphatic hydroxyl groups is 3. The summed E-state index contributed by atoms with van der Waals surface area (Å²) in [6.45, 7) is 2.51. The van der Waals surface area contributed by atoms with E-state index >= 15 is 0 Å². The summed E-state index contributed by atoms with van der Waals surface area (Å²) in [6.07, 6.45) is -5.14. The number of rotatable bonds is 7. The Bertz CT molecular complexity index is 393. The van der Waals surface area contributed by atoms with Crippen molar-refractivity contribution in [1.29, 1.82) is 0 Å². The number of hydrogen-bond acceptors (Lipinski definition) is 7. The lowest BCUT2D eigenvalue weighted by Gasteiger charge is -2.42. The van der Waals surface area contributed by atoms with Crippen LogP contribution >= 0.6 is 0 Å². The minimum absolute atomic E-state index is 0.338. The van der Waals surface area contributed by atoms with E-state index in [2.05, 4.69) is 5.32 Å². The zero-order valence-electron chi connectivity index (χ0n) is 12.6. The molecule has 9 heteroatoms. The van der Waals surface area contributed by atoms with Gasteiger partial charge in [-0.25, -0.2) is 0 Å². The highest BCUT2D eigenvalue weighted by atomic mass is 16.7. The fourth-order valence-corrected chi connectivity index (χ4v) is 2.29. The summed E-state index contributed by atoms with van der Waals surface area (Å²) in [5, 5.41) is 31.5. The average molecular weight is 320 g/mol. The largest absolute Gasteiger partial charge is 0.394 e. The summed E-state index contributed by atoms with van der Waals surface area (Å²) in [6, 6.07) is -1.09. The summed E-state index contributed by atoms with van der Waals surface area (Å²) in [4.78, 5) is 22.6. The van der Waals surface area contributed by atoms with E-state index in [9.17, 15) is 24.9 Å². The normalized spacial score (nSPS) is 33.2. The highest BCUT2D eigenvalue weighted by Crippen LogP contribution is 2.24. The molecule has 6 N–H and O–H groups in total. The van der Waals surface area contributed by atoms with Crippen molar-refractivity contribution >= 4 is 11.8 Å². The van der Waals surface area contributed by atoms with Crippen LogP contribution in [0.4, 0.5) is 0 Å². The van der Waals surface area contributed by atoms with E-state index in [-0.39, 0.29) is 0 Å². The molecule has 1 aliphatic rings. The van der Waals surface area contributed by atoms with E-state index in [1.807, 2.05) is 6.92 Å². The first-order valence-corrected chi connectivity index (χ1v) is 7.16. The van der Waals surface area contributed by atoms with Crippen LogP contribution in [0.1, 0.15) is 26.7 Å². The van der Waals surface area contributed by atoms with Gasteiger partial charge in [-0.15, -0.1) is 0 Å². The van der Waals surface area contributed by atoms with Gasteiger partial charge in [0.05, 0.1) is 6.61 Å². The Labute approximate surface area is 128 Å². The first-order valence-electron chi connectivity index (χ1n) is 7.16. The molecule has 0 spiro atoms. The summed E-state index contributed by atoms with van der Waals surface area (Å²) >= 11 is 0. The Morgan fingerprint density at radius 1 is 1.36 bits per heavy atom. The molecule has 1 aliphatic heterocycles. The lowest BCUT2D eigenvalue weighted by Crippen LogP contribution is -2.65. The molecule has 0 aliphatic carbocycles. The van der Waals surface area contributed by atoms with Crippen molar-refractivity contribution in [3.05, 3.63) is 0 Å². The van der Waals surface area contributed by atoms with E-state index in [4.69, 9.17) is 15.2 Å². The first-order chi connectivity index (χ1) is 10.3. The van der Waals surface area contributed by atoms with Gasteiger partial charge in [0.2, 0.25) is 11.8 Å². The highest BCUT2D eigenvalue weighted by molar-refractivity contribution is 5.78. The summed E-state index contributed by atoms with van der Waals surface area (Å²) in [7, 11) is 0. The molecule has 0 aromatic rings. The van der Waals surface area contributed by atoms with Gasteiger partial charge in [0.1, 0.15) is 30.5 Å². The maximum absolute atomic E-state index is 11.4. The SMILES string of the molecule is CCCC(O[C@H]1O[C@H](CO)[C@H](O)[C@H](O)[C@H]1NC(C)=O)C(N)=O. The second-order valence-corrected chi connectivity index (χ2v) is 5.25. The van der Waals surface area contributed by atoms with Gasteiger partial charge in [0.25, 0.3) is 0 Å². The predicted molar refractivity (Wildman–Crippen MR) is 74.3 cm³/mol. The molecule has 1 fully saturated rings. The van der Waals surface area contributed by atoms with Gasteiger partial charge in [0, 0.05) is 6.92 Å². The molecule has 0 saturated carbocycles. The van der Waals surface area contributed by atoms with Gasteiger partial charge in [-0.3, -0.25) is 9.59 Å². The number of nitrogens with one attached hydrogen (secondary N) is 1. The molecule has 9 nitrogen and oxygen atoms in total. The van der Waals surface area contributed by atoms with Crippen LogP contribution in [0.15, 0.2) is 0 Å². The molecular weight excluding hydrogens is 296 g/mol. The molecule has 0 radical (unpaired) electrons. The molecule has 1 unspecified atom stereocenters. The third-order valence-corrected chi connectivity index (χ3v) is 3.42. The van der Waals surface area contributed by atoms with E-state index in [1.54, 1.807) is 0 Å². The van der Waals surface area contributed by atoms with Crippen molar-refractivity contribution in [3.8, 4) is 0 Å². The number of carbonyl (C=O) groups excluding carboxylic acids is 2. The van der Waals surface area contributed by atoms with Crippen molar-refractivity contribution < 1.29 is 34.4 Å². The Morgan fingerprint density at radius 2 is 2.00 bits per heavy atom. The van der Waals surface area contributed by atoms with Crippen molar-refractivity contribution in [2.75, 3.05) is 6.61 Å². The molecule has 6 atom stereocenters. The van der Waals surface area contributed by atoms with E-state index in [1.165, 1.54) is 6.92 Å². The second kappa shape index (κ2) is 8.39. The van der Waals surface area contributed by atoms with E-state index in [0.717, 1.165) is 0 Å². The molecular formula is C13H24N2O7. The number of nitrogens with two attached hydrogens (primary N) is 1. The van der Waals surface area contributed by atoms with Crippen LogP contribution < -0.4 is 11.1 Å². The molecule has 1 saturated heterocycles. The van der Waals surface area contributed by atoms with Crippen LogP contribution in [0.25, 0.3) is 0 Å². The van der Waals surface area contributed by atoms with Crippen LogP contribution in [0.3, 0.4) is 0 Å². The maximum Gasteiger partial charge on any atom is 0.246 e. The van der Waals surface area contributed by atoms with Crippen molar-refractivity contribution in [2.24, 2.45) is 5.73 Å². The third kappa shape index (κ3) is 4.62. The minimum Gasteiger partial charge on any atom is -0.394 e. The number of primary amides is 1. The van der Waals surface area contributed by atoms with E-state index < -0.39 is 55.2 Å². The molecule has 0 aromatic heterocycles. The summed E-state index contributed by atoms with van der Waals surface area (Å²) < 4.78 is 10.8. The number of ether oxygens (including phenoxy) is 2. The quantitative estimate of drug-likeness (QED) is 0.351. The molecule has 1 heterocycles. The molecule has 128 valence electrons. The zero-order chi connectivity index (χ0) is 16.9. The molecule has 0 aromatic carbocycles. The smallest absolute Gasteiger partial charge is 0.246 e. The van der Waals surface area contributed by atoms with Crippen molar-refractivity contribution in [2.45, 2.75) is 63.4 Å². The lowest BCUT2D eigenvalue weighted by atomic mass is 9.97. The van der Waals surface area contributed by atoms with Crippen molar-refractivity contribution in [3.63, 3.8) is 0 Å². The van der Waals surface area contributed by atoms with Gasteiger partial charge < -0.3 is 35.8 Å². The van der Waals surface area contributed by atoms with Crippen LogP contribution in [-0.4, -0.2) is 70.5 Å². The topological polar surface area (TPSA) is 151 Å². The zero-order valence-corrected chi connectivity index (χ0v) is 12.6. The standard InChI is InChI=1S/C13H24N2O7/c1-3-4-7(12(14)20)21-13-9(15-6(2)17)11(19)10(18)8(5-16)22-13/h7-11,13,16,18-19H,3-5H2,1-2H3,(H2,14,20)(H,15,17)/t7?,8-,9-,10+,11-,13+/m1/s1. The average Bonchev–Trinajstić information content (AvgIpc) is 2.45. The van der Waals surface area contributed by atoms with Crippen molar-refractivity contribution in [1.82, 2.24) is 5.32 Å². The number of hydrogen-bond donors (Lipinski definition) is 5. The second-order valence-electron chi connectivity index (χ2n) is 5.25. The Balaban J connectivity index is 2.92. The first kappa shape index (κ1) is 18.8.